The summed E-state index contributed by atoms with van der Waals surface area (Å²) >= 11 is 0. The quantitative estimate of drug-likeness (QED) is 0.506. The zero-order chi connectivity index (χ0) is 21.2. The monoisotopic (exact) mass is 414 g/mol. The molecule has 3 heterocycles. The molecule has 156 valence electrons. The molecule has 8 nitrogen and oxygen atoms in total. The molecule has 1 amide bonds. The number of anilines is 1. The van der Waals surface area contributed by atoms with E-state index < -0.39 is 0 Å². The largest absolute Gasteiger partial charge is 0.352 e. The summed E-state index contributed by atoms with van der Waals surface area (Å²) in [6.45, 7) is 1.88. The van der Waals surface area contributed by atoms with E-state index >= 15 is 0 Å². The third-order valence-corrected chi connectivity index (χ3v) is 5.54. The van der Waals surface area contributed by atoms with E-state index in [0.29, 0.717) is 36.5 Å². The van der Waals surface area contributed by atoms with E-state index in [1.165, 1.54) is 6.20 Å². The zero-order valence-electron chi connectivity index (χ0n) is 16.9. The van der Waals surface area contributed by atoms with Crippen molar-refractivity contribution in [2.24, 2.45) is 0 Å². The smallest absolute Gasteiger partial charge is 0.263 e. The Bertz CT molecular complexity index is 1290. The molecule has 1 aliphatic heterocycles. The average molecular weight is 414 g/mol. The fourth-order valence-corrected chi connectivity index (χ4v) is 3.90. The van der Waals surface area contributed by atoms with Crippen LogP contribution in [0.25, 0.3) is 16.7 Å². The van der Waals surface area contributed by atoms with Crippen molar-refractivity contribution in [3.63, 3.8) is 0 Å². The number of H-pyrrole nitrogens is 1. The minimum atomic E-state index is -0.245. The maximum atomic E-state index is 12.6. The Morgan fingerprint density at radius 3 is 2.55 bits per heavy atom. The van der Waals surface area contributed by atoms with E-state index in [9.17, 15) is 9.59 Å². The molecule has 0 aliphatic carbocycles. The van der Waals surface area contributed by atoms with Crippen LogP contribution in [0.5, 0.6) is 0 Å². The molecular formula is C23H22N6O2. The zero-order valence-corrected chi connectivity index (χ0v) is 16.9. The van der Waals surface area contributed by atoms with Crippen LogP contribution in [0.4, 0.5) is 5.95 Å². The predicted molar refractivity (Wildman–Crippen MR) is 118 cm³/mol. The van der Waals surface area contributed by atoms with Crippen molar-refractivity contribution in [2.45, 2.75) is 25.9 Å². The number of nitrogens with zero attached hydrogens (tertiary/aromatic N) is 4. The molecule has 0 saturated carbocycles. The number of para-hydroxylation sites is 1. The molecule has 1 fully saturated rings. The van der Waals surface area contributed by atoms with Crippen molar-refractivity contribution in [1.29, 1.82) is 0 Å². The third-order valence-electron chi connectivity index (χ3n) is 5.54. The number of hydrogen-bond acceptors (Lipinski definition) is 5. The maximum absolute atomic E-state index is 12.6. The Morgan fingerprint density at radius 1 is 1.00 bits per heavy atom. The molecule has 0 bridgehead atoms. The number of aromatic amines is 1. The molecule has 0 radical (unpaired) electrons. The Morgan fingerprint density at radius 2 is 1.77 bits per heavy atom. The lowest BCUT2D eigenvalue weighted by molar-refractivity contribution is -0.128. The van der Waals surface area contributed by atoms with Crippen LogP contribution in [0.15, 0.2) is 65.6 Å². The number of benzene rings is 2. The summed E-state index contributed by atoms with van der Waals surface area (Å²) in [6, 6.07) is 17.6. The molecular weight excluding hydrogens is 392 g/mol. The van der Waals surface area contributed by atoms with Crippen LogP contribution in [-0.4, -0.2) is 37.1 Å². The molecule has 2 aromatic carbocycles. The summed E-state index contributed by atoms with van der Waals surface area (Å²) in [5, 5.41) is 7.99. The lowest BCUT2D eigenvalue weighted by Gasteiger charge is -2.18. The van der Waals surface area contributed by atoms with E-state index in [4.69, 9.17) is 0 Å². The van der Waals surface area contributed by atoms with E-state index in [2.05, 4.69) is 20.4 Å². The topological polar surface area (TPSA) is 95.9 Å². The van der Waals surface area contributed by atoms with Gasteiger partial charge in [-0.1, -0.05) is 42.5 Å². The maximum Gasteiger partial charge on any atom is 0.263 e. The second-order valence-corrected chi connectivity index (χ2v) is 7.58. The van der Waals surface area contributed by atoms with Gasteiger partial charge in [0.05, 0.1) is 11.9 Å². The van der Waals surface area contributed by atoms with E-state index in [1.54, 1.807) is 4.68 Å². The Kier molecular flexibility index (Phi) is 4.95. The highest BCUT2D eigenvalue weighted by atomic mass is 16.2. The molecule has 31 heavy (non-hydrogen) atoms. The van der Waals surface area contributed by atoms with Gasteiger partial charge in [-0.15, -0.1) is 0 Å². The Labute approximate surface area is 178 Å². The van der Waals surface area contributed by atoms with Crippen LogP contribution in [-0.2, 0) is 17.9 Å². The second-order valence-electron chi connectivity index (χ2n) is 7.58. The SMILES string of the molecule is O=C1CCCN1Cc1ccccc1CNc1nc2c(cnn2-c2ccccc2)c(=O)[nH]1. The summed E-state index contributed by atoms with van der Waals surface area (Å²) in [7, 11) is 0. The van der Waals surface area contributed by atoms with Gasteiger partial charge in [0.1, 0.15) is 5.39 Å². The first-order chi connectivity index (χ1) is 15.2. The standard InChI is InChI=1S/C23H22N6O2/c30-20-11-6-12-28(20)15-17-8-5-4-7-16(17)13-24-23-26-21-19(22(31)27-23)14-25-29(21)18-9-2-1-3-10-18/h1-5,7-10,14H,6,11-13,15H2,(H2,24,26,27,31). The van der Waals surface area contributed by atoms with Crippen LogP contribution in [0.1, 0.15) is 24.0 Å². The van der Waals surface area contributed by atoms with Crippen molar-refractivity contribution in [2.75, 3.05) is 11.9 Å². The van der Waals surface area contributed by atoms with Crippen LogP contribution in [0.2, 0.25) is 0 Å². The van der Waals surface area contributed by atoms with Crippen molar-refractivity contribution >= 4 is 22.9 Å². The first kappa shape index (κ1) is 19.0. The van der Waals surface area contributed by atoms with Crippen LogP contribution in [0.3, 0.4) is 0 Å². The van der Waals surface area contributed by atoms with Crippen molar-refractivity contribution < 1.29 is 4.79 Å². The summed E-state index contributed by atoms with van der Waals surface area (Å²) in [5.74, 6) is 0.579. The number of aromatic nitrogens is 4. The molecule has 0 unspecified atom stereocenters. The molecule has 1 aliphatic rings. The Hall–Kier alpha value is -3.94. The van der Waals surface area contributed by atoms with Gasteiger partial charge in [0, 0.05) is 26.1 Å². The number of hydrogen-bond donors (Lipinski definition) is 2. The first-order valence-electron chi connectivity index (χ1n) is 10.3. The van der Waals surface area contributed by atoms with E-state index in [0.717, 1.165) is 29.8 Å². The molecule has 0 spiro atoms. The summed E-state index contributed by atoms with van der Waals surface area (Å²) in [6.07, 6.45) is 3.07. The van der Waals surface area contributed by atoms with Gasteiger partial charge in [0.15, 0.2) is 5.65 Å². The molecule has 0 atom stereocenters. The number of rotatable bonds is 6. The van der Waals surface area contributed by atoms with Gasteiger partial charge in [-0.3, -0.25) is 14.6 Å². The molecule has 2 N–H and O–H groups in total. The lowest BCUT2D eigenvalue weighted by atomic mass is 10.1. The number of likely N-dealkylation sites (tertiary alicyclic amines) is 1. The van der Waals surface area contributed by atoms with Gasteiger partial charge < -0.3 is 10.2 Å². The summed E-state index contributed by atoms with van der Waals surface area (Å²) in [4.78, 5) is 33.8. The fourth-order valence-electron chi connectivity index (χ4n) is 3.90. The minimum absolute atomic E-state index is 0.202. The molecule has 4 aromatic rings. The van der Waals surface area contributed by atoms with Gasteiger partial charge >= 0.3 is 0 Å². The second kappa shape index (κ2) is 8.06. The van der Waals surface area contributed by atoms with Crippen LogP contribution >= 0.6 is 0 Å². The van der Waals surface area contributed by atoms with Gasteiger partial charge in [-0.2, -0.15) is 10.1 Å². The highest BCUT2D eigenvalue weighted by molar-refractivity contribution is 5.78. The summed E-state index contributed by atoms with van der Waals surface area (Å²) in [5.41, 5.74) is 3.23. The first-order valence-corrected chi connectivity index (χ1v) is 10.3. The third kappa shape index (κ3) is 3.79. The Balaban J connectivity index is 1.41. The van der Waals surface area contributed by atoms with Gasteiger partial charge in [0.2, 0.25) is 11.9 Å². The number of carbonyl (C=O) groups excluding carboxylic acids is 1. The highest BCUT2D eigenvalue weighted by Crippen LogP contribution is 2.19. The number of fused-ring (bicyclic) bond motifs is 1. The predicted octanol–water partition coefficient (Wildman–Crippen LogP) is 2.84. The minimum Gasteiger partial charge on any atom is -0.352 e. The highest BCUT2D eigenvalue weighted by Gasteiger charge is 2.21. The van der Waals surface area contributed by atoms with E-state index in [-0.39, 0.29) is 11.5 Å². The summed E-state index contributed by atoms with van der Waals surface area (Å²) < 4.78 is 1.66. The van der Waals surface area contributed by atoms with Gasteiger partial charge in [0.25, 0.3) is 5.56 Å². The van der Waals surface area contributed by atoms with E-state index in [1.807, 2.05) is 59.5 Å². The number of nitrogens with one attached hydrogen (secondary N) is 2. The molecule has 1 saturated heterocycles. The normalized spacial score (nSPS) is 13.8. The molecule has 8 heteroatoms. The molecule has 2 aromatic heterocycles. The lowest BCUT2D eigenvalue weighted by Crippen LogP contribution is -2.24. The number of carbonyl (C=O) groups is 1. The average Bonchev–Trinajstić information content (AvgIpc) is 3.40. The van der Waals surface area contributed by atoms with Crippen molar-refractivity contribution in [3.05, 3.63) is 82.3 Å². The van der Waals surface area contributed by atoms with Gasteiger partial charge in [-0.25, -0.2) is 4.68 Å². The van der Waals surface area contributed by atoms with Crippen LogP contribution < -0.4 is 10.9 Å². The number of amides is 1. The van der Waals surface area contributed by atoms with Crippen LogP contribution in [0, 0.1) is 0 Å². The van der Waals surface area contributed by atoms with Crippen molar-refractivity contribution in [1.82, 2.24) is 24.6 Å². The van der Waals surface area contributed by atoms with Crippen molar-refractivity contribution in [3.8, 4) is 5.69 Å². The molecule has 5 rings (SSSR count). The van der Waals surface area contributed by atoms with Gasteiger partial charge in [-0.05, 0) is 29.7 Å². The fraction of sp³-hybridized carbons (Fsp3) is 0.217.